The van der Waals surface area contributed by atoms with Crippen LogP contribution in [0.3, 0.4) is 0 Å². The second-order valence-corrected chi connectivity index (χ2v) is 5.63. The predicted molar refractivity (Wildman–Crippen MR) is 79.4 cm³/mol. The van der Waals surface area contributed by atoms with E-state index >= 15 is 0 Å². The van der Waals surface area contributed by atoms with Crippen LogP contribution in [0, 0.1) is 6.92 Å². The maximum atomic E-state index is 9.83. The van der Waals surface area contributed by atoms with Crippen molar-refractivity contribution in [2.75, 3.05) is 19.6 Å². The van der Waals surface area contributed by atoms with Crippen molar-refractivity contribution in [1.29, 1.82) is 0 Å². The first kappa shape index (κ1) is 14.4. The van der Waals surface area contributed by atoms with E-state index in [-0.39, 0.29) is 0 Å². The van der Waals surface area contributed by atoms with Gasteiger partial charge in [-0.15, -0.1) is 0 Å². The molecule has 1 fully saturated rings. The summed E-state index contributed by atoms with van der Waals surface area (Å²) < 4.78 is 0. The molecule has 0 amide bonds. The molecule has 1 saturated heterocycles. The van der Waals surface area contributed by atoms with Crippen LogP contribution in [0.25, 0.3) is 0 Å². The fourth-order valence-electron chi connectivity index (χ4n) is 2.79. The summed E-state index contributed by atoms with van der Waals surface area (Å²) in [4.78, 5) is 2.54. The fourth-order valence-corrected chi connectivity index (χ4v) is 2.79. The van der Waals surface area contributed by atoms with Gasteiger partial charge in [0, 0.05) is 18.2 Å². The number of hydrogen-bond acceptors (Lipinski definition) is 3. The van der Waals surface area contributed by atoms with Crippen LogP contribution in [0.15, 0.2) is 18.2 Å². The summed E-state index contributed by atoms with van der Waals surface area (Å²) in [6.45, 7) is 8.70. The maximum Gasteiger partial charge on any atom is 0.120 e. The minimum atomic E-state index is 0.404. The van der Waals surface area contributed by atoms with Crippen LogP contribution in [0.1, 0.15) is 37.3 Å². The van der Waals surface area contributed by atoms with Crippen molar-refractivity contribution in [3.05, 3.63) is 29.3 Å². The molecule has 0 aromatic heterocycles. The number of nitrogens with one attached hydrogen (secondary N) is 1. The van der Waals surface area contributed by atoms with E-state index < -0.39 is 0 Å². The molecule has 1 aromatic carbocycles. The summed E-state index contributed by atoms with van der Waals surface area (Å²) in [5.41, 5.74) is 2.21. The highest BCUT2D eigenvalue weighted by Crippen LogP contribution is 2.19. The first-order chi connectivity index (χ1) is 9.19. The quantitative estimate of drug-likeness (QED) is 0.856. The average molecular weight is 262 g/mol. The Labute approximate surface area is 116 Å². The van der Waals surface area contributed by atoms with E-state index in [1.165, 1.54) is 44.5 Å². The molecule has 2 N–H and O–H groups in total. The topological polar surface area (TPSA) is 35.5 Å². The van der Waals surface area contributed by atoms with Crippen molar-refractivity contribution < 1.29 is 5.11 Å². The Kier molecular flexibility index (Phi) is 5.23. The zero-order valence-electron chi connectivity index (χ0n) is 12.2. The number of rotatable bonds is 5. The summed E-state index contributed by atoms with van der Waals surface area (Å²) in [5, 5.41) is 13.4. The Morgan fingerprint density at radius 3 is 2.74 bits per heavy atom. The lowest BCUT2D eigenvalue weighted by atomic mass is 10.0. The molecule has 19 heavy (non-hydrogen) atoms. The second kappa shape index (κ2) is 6.92. The van der Waals surface area contributed by atoms with E-state index in [1.807, 2.05) is 6.07 Å². The van der Waals surface area contributed by atoms with Crippen molar-refractivity contribution in [3.8, 4) is 5.75 Å². The standard InChI is InChI=1S/C16H26N2O/c1-3-8-18-9-6-15(7-10-18)17-12-14-11-13(2)4-5-16(14)19/h4-5,11,15,17,19H,3,6-10,12H2,1-2H3. The Bertz CT molecular complexity index is 398. The molecule has 2 rings (SSSR count). The number of phenols is 1. The number of hydrogen-bond donors (Lipinski definition) is 2. The fraction of sp³-hybridized carbons (Fsp3) is 0.625. The molecule has 0 bridgehead atoms. The van der Waals surface area contributed by atoms with Crippen molar-refractivity contribution in [2.45, 2.75) is 45.7 Å². The number of likely N-dealkylation sites (tertiary alicyclic amines) is 1. The number of phenolic OH excluding ortho intramolecular Hbond substituents is 1. The van der Waals surface area contributed by atoms with Crippen LogP contribution >= 0.6 is 0 Å². The first-order valence-electron chi connectivity index (χ1n) is 7.43. The molecule has 1 aromatic rings. The molecule has 0 atom stereocenters. The molecular weight excluding hydrogens is 236 g/mol. The number of benzene rings is 1. The maximum absolute atomic E-state index is 9.83. The minimum Gasteiger partial charge on any atom is -0.508 e. The van der Waals surface area contributed by atoms with Crippen molar-refractivity contribution in [3.63, 3.8) is 0 Å². The van der Waals surface area contributed by atoms with Gasteiger partial charge >= 0.3 is 0 Å². The van der Waals surface area contributed by atoms with Gasteiger partial charge in [0.2, 0.25) is 0 Å². The number of piperidine rings is 1. The van der Waals surface area contributed by atoms with Gasteiger partial charge in [0.05, 0.1) is 0 Å². The summed E-state index contributed by atoms with van der Waals surface area (Å²) in [5.74, 6) is 0.404. The Morgan fingerprint density at radius 2 is 2.05 bits per heavy atom. The van der Waals surface area contributed by atoms with Crippen molar-refractivity contribution in [2.24, 2.45) is 0 Å². The molecule has 1 aliphatic heterocycles. The normalized spacial score (nSPS) is 17.8. The lowest BCUT2D eigenvalue weighted by Crippen LogP contribution is -2.42. The van der Waals surface area contributed by atoms with Crippen LogP contribution in [-0.2, 0) is 6.54 Å². The van der Waals surface area contributed by atoms with Gasteiger partial charge < -0.3 is 15.3 Å². The zero-order chi connectivity index (χ0) is 13.7. The number of aryl methyl sites for hydroxylation is 1. The smallest absolute Gasteiger partial charge is 0.120 e. The first-order valence-corrected chi connectivity index (χ1v) is 7.43. The second-order valence-electron chi connectivity index (χ2n) is 5.63. The van der Waals surface area contributed by atoms with E-state index in [0.29, 0.717) is 11.8 Å². The summed E-state index contributed by atoms with van der Waals surface area (Å²) in [7, 11) is 0. The average Bonchev–Trinajstić information content (AvgIpc) is 2.42. The third-order valence-corrected chi connectivity index (χ3v) is 3.94. The molecule has 0 spiro atoms. The van der Waals surface area contributed by atoms with Crippen LogP contribution in [-0.4, -0.2) is 35.7 Å². The summed E-state index contributed by atoms with van der Waals surface area (Å²) >= 11 is 0. The Balaban J connectivity index is 1.79. The number of nitrogens with zero attached hydrogens (tertiary/aromatic N) is 1. The molecule has 3 nitrogen and oxygen atoms in total. The molecule has 0 unspecified atom stereocenters. The van der Waals surface area contributed by atoms with Gasteiger partial charge in [-0.25, -0.2) is 0 Å². The van der Waals surface area contributed by atoms with Gasteiger partial charge in [0.25, 0.3) is 0 Å². The van der Waals surface area contributed by atoms with Gasteiger partial charge in [0.1, 0.15) is 5.75 Å². The van der Waals surface area contributed by atoms with Crippen LogP contribution in [0.5, 0.6) is 5.75 Å². The lowest BCUT2D eigenvalue weighted by Gasteiger charge is -2.32. The third-order valence-electron chi connectivity index (χ3n) is 3.94. The van der Waals surface area contributed by atoms with Crippen LogP contribution in [0.2, 0.25) is 0 Å². The van der Waals surface area contributed by atoms with Gasteiger partial charge in [0.15, 0.2) is 0 Å². The summed E-state index contributed by atoms with van der Waals surface area (Å²) in [6.07, 6.45) is 3.68. The molecule has 0 radical (unpaired) electrons. The molecular formula is C16H26N2O. The van der Waals surface area contributed by atoms with E-state index in [9.17, 15) is 5.11 Å². The largest absolute Gasteiger partial charge is 0.508 e. The van der Waals surface area contributed by atoms with Crippen molar-refractivity contribution in [1.82, 2.24) is 10.2 Å². The predicted octanol–water partition coefficient (Wildman–Crippen LogP) is 2.66. The lowest BCUT2D eigenvalue weighted by molar-refractivity contribution is 0.197. The monoisotopic (exact) mass is 262 g/mol. The highest BCUT2D eigenvalue weighted by Gasteiger charge is 2.18. The molecule has 1 aliphatic rings. The molecule has 0 saturated carbocycles. The van der Waals surface area contributed by atoms with Crippen LogP contribution in [0.4, 0.5) is 0 Å². The van der Waals surface area contributed by atoms with Crippen molar-refractivity contribution >= 4 is 0 Å². The molecule has 1 heterocycles. The molecule has 106 valence electrons. The van der Waals surface area contributed by atoms with E-state index in [2.05, 4.69) is 30.1 Å². The summed E-state index contributed by atoms with van der Waals surface area (Å²) in [6, 6.07) is 6.39. The zero-order valence-corrected chi connectivity index (χ0v) is 12.2. The molecule has 0 aliphatic carbocycles. The van der Waals surface area contributed by atoms with E-state index in [0.717, 1.165) is 12.1 Å². The Hall–Kier alpha value is -1.06. The van der Waals surface area contributed by atoms with Crippen LogP contribution < -0.4 is 5.32 Å². The highest BCUT2D eigenvalue weighted by atomic mass is 16.3. The van der Waals surface area contributed by atoms with Gasteiger partial charge in [-0.1, -0.05) is 24.6 Å². The van der Waals surface area contributed by atoms with Gasteiger partial charge in [-0.2, -0.15) is 0 Å². The van der Waals surface area contributed by atoms with Gasteiger partial charge in [-0.05, 0) is 51.9 Å². The SMILES string of the molecule is CCCN1CCC(NCc2cc(C)ccc2O)CC1. The van der Waals surface area contributed by atoms with E-state index in [1.54, 1.807) is 6.07 Å². The Morgan fingerprint density at radius 1 is 1.32 bits per heavy atom. The van der Waals surface area contributed by atoms with E-state index in [4.69, 9.17) is 0 Å². The number of aromatic hydroxyl groups is 1. The van der Waals surface area contributed by atoms with Gasteiger partial charge in [-0.3, -0.25) is 0 Å². The molecule has 3 heteroatoms. The highest BCUT2D eigenvalue weighted by molar-refractivity contribution is 5.35. The third kappa shape index (κ3) is 4.22. The minimum absolute atomic E-state index is 0.404.